The predicted octanol–water partition coefficient (Wildman–Crippen LogP) is 2.18. The molecule has 0 bridgehead atoms. The fraction of sp³-hybridized carbons (Fsp3) is 0.529. The van der Waals surface area contributed by atoms with Gasteiger partial charge in [0.15, 0.2) is 0 Å². The maximum absolute atomic E-state index is 12.2. The second kappa shape index (κ2) is 6.38. The zero-order valence-corrected chi connectivity index (χ0v) is 13.6. The third-order valence-corrected chi connectivity index (χ3v) is 3.52. The molecule has 1 aromatic carbocycles. The normalized spacial score (nSPS) is 15.8. The average Bonchev–Trinajstić information content (AvgIpc) is 2.78. The Labute approximate surface area is 131 Å². The number of nitrogens with one attached hydrogen (secondary N) is 2. The zero-order valence-electron chi connectivity index (χ0n) is 13.6. The van der Waals surface area contributed by atoms with Crippen LogP contribution in [0.1, 0.15) is 38.8 Å². The molecule has 0 unspecified atom stereocenters. The lowest BCUT2D eigenvalue weighted by Gasteiger charge is -2.22. The predicted molar refractivity (Wildman–Crippen MR) is 84.6 cm³/mol. The van der Waals surface area contributed by atoms with E-state index in [1.807, 2.05) is 12.1 Å². The van der Waals surface area contributed by atoms with Crippen molar-refractivity contribution in [2.45, 2.75) is 58.2 Å². The van der Waals surface area contributed by atoms with Crippen molar-refractivity contribution < 1.29 is 14.3 Å². The Hall–Kier alpha value is -2.04. The van der Waals surface area contributed by atoms with Crippen molar-refractivity contribution >= 4 is 12.0 Å². The van der Waals surface area contributed by atoms with Crippen molar-refractivity contribution in [1.82, 2.24) is 10.6 Å². The van der Waals surface area contributed by atoms with Gasteiger partial charge in [0, 0.05) is 6.04 Å². The van der Waals surface area contributed by atoms with Gasteiger partial charge in [-0.15, -0.1) is 0 Å². The van der Waals surface area contributed by atoms with Gasteiger partial charge in [-0.25, -0.2) is 4.79 Å². The minimum atomic E-state index is -0.626. The van der Waals surface area contributed by atoms with Crippen LogP contribution in [0.2, 0.25) is 0 Å². The minimum absolute atomic E-state index is 0.0905. The Morgan fingerprint density at radius 2 is 1.73 bits per heavy atom. The zero-order chi connectivity index (χ0) is 16.3. The van der Waals surface area contributed by atoms with Gasteiger partial charge in [-0.2, -0.15) is 0 Å². The van der Waals surface area contributed by atoms with Crippen molar-refractivity contribution in [2.24, 2.45) is 0 Å². The van der Waals surface area contributed by atoms with E-state index >= 15 is 0 Å². The number of fused-ring (bicyclic) bond motifs is 1. The molecule has 5 nitrogen and oxygen atoms in total. The number of rotatable bonds is 3. The molecule has 2 rings (SSSR count). The van der Waals surface area contributed by atoms with E-state index in [-0.39, 0.29) is 11.9 Å². The summed E-state index contributed by atoms with van der Waals surface area (Å²) in [6.45, 7) is 7.01. The van der Waals surface area contributed by atoms with Crippen LogP contribution in [0.15, 0.2) is 24.3 Å². The SMILES string of the molecule is C[C@H](NC(=O)OC(C)(C)C)C(=O)NC1Cc2ccccc2C1. The number of hydrogen-bond donors (Lipinski definition) is 2. The summed E-state index contributed by atoms with van der Waals surface area (Å²) in [4.78, 5) is 23.8. The van der Waals surface area contributed by atoms with Crippen LogP contribution in [-0.4, -0.2) is 29.7 Å². The van der Waals surface area contributed by atoms with E-state index in [0.717, 1.165) is 12.8 Å². The molecule has 22 heavy (non-hydrogen) atoms. The fourth-order valence-corrected chi connectivity index (χ4v) is 2.54. The summed E-state index contributed by atoms with van der Waals surface area (Å²) >= 11 is 0. The molecule has 2 N–H and O–H groups in total. The Morgan fingerprint density at radius 1 is 1.18 bits per heavy atom. The van der Waals surface area contributed by atoms with Crippen molar-refractivity contribution in [3.8, 4) is 0 Å². The minimum Gasteiger partial charge on any atom is -0.444 e. The highest BCUT2D eigenvalue weighted by Gasteiger charge is 2.26. The fourth-order valence-electron chi connectivity index (χ4n) is 2.54. The summed E-state index contributed by atoms with van der Waals surface area (Å²) < 4.78 is 5.15. The Morgan fingerprint density at radius 3 is 2.23 bits per heavy atom. The van der Waals surface area contributed by atoms with Crippen LogP contribution >= 0.6 is 0 Å². The maximum Gasteiger partial charge on any atom is 0.408 e. The van der Waals surface area contributed by atoms with Crippen LogP contribution < -0.4 is 10.6 Å². The largest absolute Gasteiger partial charge is 0.444 e. The van der Waals surface area contributed by atoms with Gasteiger partial charge in [0.25, 0.3) is 0 Å². The first kappa shape index (κ1) is 16.3. The van der Waals surface area contributed by atoms with Crippen molar-refractivity contribution in [3.05, 3.63) is 35.4 Å². The summed E-state index contributed by atoms with van der Waals surface area (Å²) in [5, 5.41) is 5.54. The van der Waals surface area contributed by atoms with E-state index in [2.05, 4.69) is 22.8 Å². The summed E-state index contributed by atoms with van der Waals surface area (Å²) in [6, 6.07) is 7.66. The average molecular weight is 304 g/mol. The summed E-state index contributed by atoms with van der Waals surface area (Å²) in [7, 11) is 0. The molecule has 1 atom stereocenters. The van der Waals surface area contributed by atoms with Gasteiger partial charge < -0.3 is 15.4 Å². The number of alkyl carbamates (subject to hydrolysis) is 1. The monoisotopic (exact) mass is 304 g/mol. The number of benzene rings is 1. The molecule has 0 spiro atoms. The van der Waals surface area contributed by atoms with E-state index in [4.69, 9.17) is 4.74 Å². The first-order valence-corrected chi connectivity index (χ1v) is 7.61. The Balaban J connectivity index is 1.82. The second-order valence-electron chi connectivity index (χ2n) is 6.75. The molecule has 1 aliphatic rings. The Bertz CT molecular complexity index is 538. The number of ether oxygens (including phenoxy) is 1. The molecule has 2 amide bonds. The van der Waals surface area contributed by atoms with Crippen LogP contribution in [-0.2, 0) is 22.4 Å². The molecule has 0 saturated heterocycles. The molecule has 0 fully saturated rings. The lowest BCUT2D eigenvalue weighted by molar-refractivity contribution is -0.123. The van der Waals surface area contributed by atoms with Gasteiger partial charge in [-0.1, -0.05) is 24.3 Å². The summed E-state index contributed by atoms with van der Waals surface area (Å²) in [6.07, 6.45) is 1.09. The highest BCUT2D eigenvalue weighted by Crippen LogP contribution is 2.21. The lowest BCUT2D eigenvalue weighted by Crippen LogP contribution is -2.49. The van der Waals surface area contributed by atoms with Gasteiger partial charge in [-0.3, -0.25) is 4.79 Å². The number of carbonyl (C=O) groups excluding carboxylic acids is 2. The molecular formula is C17H24N2O3. The maximum atomic E-state index is 12.2. The van der Waals surface area contributed by atoms with Gasteiger partial charge in [0.1, 0.15) is 11.6 Å². The smallest absolute Gasteiger partial charge is 0.408 e. The number of hydrogen-bond acceptors (Lipinski definition) is 3. The van der Waals surface area contributed by atoms with Crippen molar-refractivity contribution in [3.63, 3.8) is 0 Å². The summed E-state index contributed by atoms with van der Waals surface area (Å²) in [5.74, 6) is -0.191. The number of amides is 2. The topological polar surface area (TPSA) is 67.4 Å². The quantitative estimate of drug-likeness (QED) is 0.899. The lowest BCUT2D eigenvalue weighted by atomic mass is 10.1. The molecule has 0 radical (unpaired) electrons. The van der Waals surface area contributed by atoms with Gasteiger partial charge >= 0.3 is 6.09 Å². The summed E-state index contributed by atoms with van der Waals surface area (Å²) in [5.41, 5.74) is 1.98. The molecule has 1 aliphatic carbocycles. The molecular weight excluding hydrogens is 280 g/mol. The van der Waals surface area contributed by atoms with Crippen LogP contribution in [0, 0.1) is 0 Å². The molecule has 0 aromatic heterocycles. The van der Waals surface area contributed by atoms with E-state index in [0.29, 0.717) is 0 Å². The van der Waals surface area contributed by atoms with E-state index in [1.54, 1.807) is 27.7 Å². The first-order chi connectivity index (χ1) is 10.2. The molecule has 0 saturated carbocycles. The van der Waals surface area contributed by atoms with Crippen LogP contribution in [0.5, 0.6) is 0 Å². The molecule has 0 aliphatic heterocycles. The van der Waals surface area contributed by atoms with Crippen LogP contribution in [0.25, 0.3) is 0 Å². The molecule has 5 heteroatoms. The van der Waals surface area contributed by atoms with Gasteiger partial charge in [0.2, 0.25) is 5.91 Å². The van der Waals surface area contributed by atoms with E-state index < -0.39 is 17.7 Å². The number of carbonyl (C=O) groups is 2. The van der Waals surface area contributed by atoms with Crippen molar-refractivity contribution in [2.75, 3.05) is 0 Å². The highest BCUT2D eigenvalue weighted by atomic mass is 16.6. The molecule has 1 aromatic rings. The third kappa shape index (κ3) is 4.48. The third-order valence-electron chi connectivity index (χ3n) is 3.52. The first-order valence-electron chi connectivity index (χ1n) is 7.61. The standard InChI is InChI=1S/C17H24N2O3/c1-11(18-16(21)22-17(2,3)4)15(20)19-14-9-12-7-5-6-8-13(12)10-14/h5-8,11,14H,9-10H2,1-4H3,(H,18,21)(H,19,20)/t11-/m0/s1. The van der Waals surface area contributed by atoms with Gasteiger partial charge in [-0.05, 0) is 51.7 Å². The van der Waals surface area contributed by atoms with Crippen LogP contribution in [0.4, 0.5) is 4.79 Å². The van der Waals surface area contributed by atoms with Gasteiger partial charge in [0.05, 0.1) is 0 Å². The molecule has 0 heterocycles. The second-order valence-corrected chi connectivity index (χ2v) is 6.75. The van der Waals surface area contributed by atoms with Crippen LogP contribution in [0.3, 0.4) is 0 Å². The van der Waals surface area contributed by atoms with E-state index in [1.165, 1.54) is 11.1 Å². The molecule has 120 valence electrons. The van der Waals surface area contributed by atoms with E-state index in [9.17, 15) is 9.59 Å². The van der Waals surface area contributed by atoms with Crippen molar-refractivity contribution in [1.29, 1.82) is 0 Å². The Kier molecular flexibility index (Phi) is 4.74. The highest BCUT2D eigenvalue weighted by molar-refractivity contribution is 5.85.